The van der Waals surface area contributed by atoms with Gasteiger partial charge in [-0.3, -0.25) is 4.79 Å². The molecule has 0 aliphatic carbocycles. The number of hydrogen-bond donors (Lipinski definition) is 0. The SMILES string of the molecule is COc1cccc2c(=O)c3ccccc3n(CCCCl)c12. The maximum Gasteiger partial charge on any atom is 0.197 e. The molecule has 0 aliphatic heterocycles. The number of benzene rings is 2. The highest BCUT2D eigenvalue weighted by Crippen LogP contribution is 2.27. The fourth-order valence-electron chi connectivity index (χ4n) is 2.77. The molecule has 4 heteroatoms. The Balaban J connectivity index is 2.50. The van der Waals surface area contributed by atoms with Crippen molar-refractivity contribution in [1.82, 2.24) is 4.57 Å². The predicted molar refractivity (Wildman–Crippen MR) is 87.6 cm³/mol. The van der Waals surface area contributed by atoms with Gasteiger partial charge < -0.3 is 9.30 Å². The van der Waals surface area contributed by atoms with E-state index in [4.69, 9.17) is 16.3 Å². The van der Waals surface area contributed by atoms with Gasteiger partial charge in [0.1, 0.15) is 5.75 Å². The number of aryl methyl sites for hydroxylation is 1. The van der Waals surface area contributed by atoms with Crippen LogP contribution in [0.5, 0.6) is 5.75 Å². The lowest BCUT2D eigenvalue weighted by Crippen LogP contribution is -2.12. The Morgan fingerprint density at radius 1 is 1.10 bits per heavy atom. The van der Waals surface area contributed by atoms with Crippen LogP contribution >= 0.6 is 11.6 Å². The molecule has 0 amide bonds. The minimum Gasteiger partial charge on any atom is -0.495 e. The Bertz CT molecular complexity index is 854. The Morgan fingerprint density at radius 3 is 2.62 bits per heavy atom. The lowest BCUT2D eigenvalue weighted by molar-refractivity contribution is 0.417. The predicted octanol–water partition coefficient (Wildman–Crippen LogP) is 3.79. The summed E-state index contributed by atoms with van der Waals surface area (Å²) >= 11 is 5.85. The van der Waals surface area contributed by atoms with E-state index >= 15 is 0 Å². The van der Waals surface area contributed by atoms with Gasteiger partial charge in [-0.15, -0.1) is 11.6 Å². The molecule has 3 nitrogen and oxygen atoms in total. The van der Waals surface area contributed by atoms with E-state index in [9.17, 15) is 4.79 Å². The Hall–Kier alpha value is -2.00. The summed E-state index contributed by atoms with van der Waals surface area (Å²) in [7, 11) is 1.63. The molecule has 0 saturated heterocycles. The maximum atomic E-state index is 12.7. The van der Waals surface area contributed by atoms with Gasteiger partial charge in [0.15, 0.2) is 5.43 Å². The van der Waals surface area contributed by atoms with Crippen LogP contribution in [0.25, 0.3) is 21.8 Å². The second-order valence-corrected chi connectivity index (χ2v) is 5.27. The first kappa shape index (κ1) is 14.0. The van der Waals surface area contributed by atoms with E-state index in [-0.39, 0.29) is 5.43 Å². The molecule has 3 rings (SSSR count). The molecular formula is C17H16ClNO2. The summed E-state index contributed by atoms with van der Waals surface area (Å²) in [6, 6.07) is 13.3. The molecule has 0 atom stereocenters. The highest BCUT2D eigenvalue weighted by Gasteiger charge is 2.13. The normalized spacial score (nSPS) is 11.1. The topological polar surface area (TPSA) is 31.2 Å². The quantitative estimate of drug-likeness (QED) is 0.542. The molecule has 0 bridgehead atoms. The smallest absolute Gasteiger partial charge is 0.197 e. The molecule has 1 heterocycles. The highest BCUT2D eigenvalue weighted by molar-refractivity contribution is 6.17. The Kier molecular flexibility index (Phi) is 3.84. The summed E-state index contributed by atoms with van der Waals surface area (Å²) in [4.78, 5) is 12.7. The molecule has 21 heavy (non-hydrogen) atoms. The zero-order valence-corrected chi connectivity index (χ0v) is 12.6. The zero-order chi connectivity index (χ0) is 14.8. The van der Waals surface area contributed by atoms with Crippen molar-refractivity contribution in [3.63, 3.8) is 0 Å². The van der Waals surface area contributed by atoms with E-state index in [1.54, 1.807) is 7.11 Å². The van der Waals surface area contributed by atoms with E-state index in [0.717, 1.165) is 29.4 Å². The van der Waals surface area contributed by atoms with Crippen LogP contribution in [-0.4, -0.2) is 17.6 Å². The van der Waals surface area contributed by atoms with Crippen LogP contribution in [0.1, 0.15) is 6.42 Å². The van der Waals surface area contributed by atoms with Crippen LogP contribution in [0.15, 0.2) is 47.3 Å². The third kappa shape index (κ3) is 2.28. The van der Waals surface area contributed by atoms with Gasteiger partial charge in [-0.1, -0.05) is 18.2 Å². The minimum absolute atomic E-state index is 0.0432. The number of rotatable bonds is 4. The number of methoxy groups -OCH3 is 1. The molecule has 0 N–H and O–H groups in total. The molecule has 0 saturated carbocycles. The van der Waals surface area contributed by atoms with Crippen molar-refractivity contribution in [2.45, 2.75) is 13.0 Å². The first-order valence-electron chi connectivity index (χ1n) is 6.92. The van der Waals surface area contributed by atoms with Crippen molar-refractivity contribution in [2.75, 3.05) is 13.0 Å². The van der Waals surface area contributed by atoms with E-state index in [1.807, 2.05) is 42.5 Å². The third-order valence-electron chi connectivity index (χ3n) is 3.69. The maximum absolute atomic E-state index is 12.7. The number of para-hydroxylation sites is 2. The zero-order valence-electron chi connectivity index (χ0n) is 11.8. The van der Waals surface area contributed by atoms with Crippen molar-refractivity contribution in [3.05, 3.63) is 52.7 Å². The lowest BCUT2D eigenvalue weighted by Gasteiger charge is -2.16. The molecule has 3 aromatic rings. The van der Waals surface area contributed by atoms with Crippen LogP contribution in [0, 0.1) is 0 Å². The largest absolute Gasteiger partial charge is 0.495 e. The Morgan fingerprint density at radius 2 is 1.86 bits per heavy atom. The summed E-state index contributed by atoms with van der Waals surface area (Å²) in [5.74, 6) is 1.29. The first-order chi connectivity index (χ1) is 10.3. The second kappa shape index (κ2) is 5.78. The van der Waals surface area contributed by atoms with Crippen LogP contribution in [-0.2, 0) is 6.54 Å². The average Bonchev–Trinajstić information content (AvgIpc) is 2.54. The van der Waals surface area contributed by atoms with Gasteiger partial charge in [-0.25, -0.2) is 0 Å². The Labute approximate surface area is 127 Å². The second-order valence-electron chi connectivity index (χ2n) is 4.90. The van der Waals surface area contributed by atoms with Gasteiger partial charge >= 0.3 is 0 Å². The van der Waals surface area contributed by atoms with Crippen molar-refractivity contribution in [3.8, 4) is 5.75 Å². The number of fused-ring (bicyclic) bond motifs is 2. The first-order valence-corrected chi connectivity index (χ1v) is 7.45. The average molecular weight is 302 g/mol. The van der Waals surface area contributed by atoms with E-state index in [2.05, 4.69) is 4.57 Å². The van der Waals surface area contributed by atoms with E-state index in [1.165, 1.54) is 0 Å². The fraction of sp³-hybridized carbons (Fsp3) is 0.235. The number of hydrogen-bond acceptors (Lipinski definition) is 2. The molecular weight excluding hydrogens is 286 g/mol. The monoisotopic (exact) mass is 301 g/mol. The number of alkyl halides is 1. The van der Waals surface area contributed by atoms with Gasteiger partial charge in [0.2, 0.25) is 0 Å². The van der Waals surface area contributed by atoms with Crippen LogP contribution in [0.2, 0.25) is 0 Å². The molecule has 0 fully saturated rings. The van der Waals surface area contributed by atoms with Crippen molar-refractivity contribution in [2.24, 2.45) is 0 Å². The molecule has 0 radical (unpaired) electrons. The summed E-state index contributed by atoms with van der Waals surface area (Å²) in [5, 5.41) is 1.41. The molecule has 0 aliphatic rings. The summed E-state index contributed by atoms with van der Waals surface area (Å²) < 4.78 is 7.59. The minimum atomic E-state index is 0.0432. The van der Waals surface area contributed by atoms with Crippen LogP contribution < -0.4 is 10.2 Å². The number of pyridine rings is 1. The van der Waals surface area contributed by atoms with E-state index < -0.39 is 0 Å². The molecule has 2 aromatic carbocycles. The van der Waals surface area contributed by atoms with Crippen molar-refractivity contribution < 1.29 is 4.74 Å². The summed E-state index contributed by atoms with van der Waals surface area (Å²) in [5.41, 5.74) is 1.81. The molecule has 0 unspecified atom stereocenters. The van der Waals surface area contributed by atoms with Crippen molar-refractivity contribution >= 4 is 33.4 Å². The van der Waals surface area contributed by atoms with Gasteiger partial charge in [0.05, 0.1) is 23.5 Å². The van der Waals surface area contributed by atoms with Crippen molar-refractivity contribution in [1.29, 1.82) is 0 Å². The van der Waals surface area contributed by atoms with E-state index in [0.29, 0.717) is 17.0 Å². The molecule has 1 aromatic heterocycles. The number of ether oxygens (including phenoxy) is 1. The van der Waals surface area contributed by atoms with Gasteiger partial charge in [0.25, 0.3) is 0 Å². The van der Waals surface area contributed by atoms with Gasteiger partial charge in [0, 0.05) is 17.8 Å². The number of aromatic nitrogens is 1. The third-order valence-corrected chi connectivity index (χ3v) is 3.96. The fourth-order valence-corrected chi connectivity index (χ4v) is 2.88. The lowest BCUT2D eigenvalue weighted by atomic mass is 10.1. The van der Waals surface area contributed by atoms with Gasteiger partial charge in [-0.05, 0) is 30.7 Å². The molecule has 0 spiro atoms. The summed E-state index contributed by atoms with van der Waals surface area (Å²) in [6.45, 7) is 0.751. The molecule has 108 valence electrons. The standard InChI is InChI=1S/C17H16ClNO2/c1-21-15-9-4-7-13-16(15)19(11-5-10-18)14-8-3-2-6-12(14)17(13)20/h2-4,6-9H,5,10-11H2,1H3. The summed E-state index contributed by atoms with van der Waals surface area (Å²) in [6.07, 6.45) is 0.835. The number of nitrogens with zero attached hydrogens (tertiary/aromatic N) is 1. The highest BCUT2D eigenvalue weighted by atomic mass is 35.5. The van der Waals surface area contributed by atoms with Crippen LogP contribution in [0.4, 0.5) is 0 Å². The van der Waals surface area contributed by atoms with Gasteiger partial charge in [-0.2, -0.15) is 0 Å². The van der Waals surface area contributed by atoms with Crippen LogP contribution in [0.3, 0.4) is 0 Å². The number of halogens is 1.